The highest BCUT2D eigenvalue weighted by Crippen LogP contribution is 2.30. The molecular weight excluding hydrogens is 272 g/mol. The number of benzene rings is 1. The molecule has 0 radical (unpaired) electrons. The summed E-state index contributed by atoms with van der Waals surface area (Å²) in [6.07, 6.45) is 0. The third-order valence-corrected chi connectivity index (χ3v) is 3.26. The maximum atomic E-state index is 10.8. The molecule has 0 aliphatic carbocycles. The first kappa shape index (κ1) is 9.47. The van der Waals surface area contributed by atoms with E-state index in [9.17, 15) is 4.79 Å². The third-order valence-electron chi connectivity index (χ3n) is 2.60. The average molecular weight is 279 g/mol. The van der Waals surface area contributed by atoms with Crippen LogP contribution in [0, 0.1) is 0 Å². The summed E-state index contributed by atoms with van der Waals surface area (Å²) in [7, 11) is 0. The highest BCUT2D eigenvalue weighted by molar-refractivity contribution is 9.10. The van der Waals surface area contributed by atoms with Gasteiger partial charge >= 0.3 is 5.97 Å². The van der Waals surface area contributed by atoms with Crippen molar-refractivity contribution in [3.63, 3.8) is 0 Å². The molecule has 0 fully saturated rings. The molecule has 2 aromatic heterocycles. The molecule has 0 unspecified atom stereocenters. The molecule has 0 saturated heterocycles. The number of aromatic amines is 2. The van der Waals surface area contributed by atoms with Crippen molar-refractivity contribution in [2.24, 2.45) is 0 Å². The van der Waals surface area contributed by atoms with Gasteiger partial charge in [-0.3, -0.25) is 0 Å². The number of rotatable bonds is 1. The quantitative estimate of drug-likeness (QED) is 0.640. The molecule has 3 aromatic rings. The second-order valence-corrected chi connectivity index (χ2v) is 4.42. The predicted octanol–water partition coefficient (Wildman–Crippen LogP) is 3.11. The molecule has 2 heterocycles. The molecule has 0 bridgehead atoms. The van der Waals surface area contributed by atoms with E-state index >= 15 is 0 Å². The summed E-state index contributed by atoms with van der Waals surface area (Å²) < 4.78 is 0.964. The molecule has 0 aliphatic rings. The zero-order valence-corrected chi connectivity index (χ0v) is 9.63. The number of H-pyrrole nitrogens is 2. The van der Waals surface area contributed by atoms with Crippen LogP contribution >= 0.6 is 15.9 Å². The van der Waals surface area contributed by atoms with Gasteiger partial charge in [-0.05, 0) is 28.1 Å². The Bertz CT molecular complexity index is 711. The van der Waals surface area contributed by atoms with Crippen molar-refractivity contribution in [1.29, 1.82) is 0 Å². The van der Waals surface area contributed by atoms with E-state index in [1.54, 1.807) is 6.07 Å². The molecule has 4 nitrogen and oxygen atoms in total. The number of hydrogen-bond donors (Lipinski definition) is 3. The third kappa shape index (κ3) is 1.18. The van der Waals surface area contributed by atoms with Gasteiger partial charge in [0, 0.05) is 15.2 Å². The molecule has 3 rings (SSSR count). The number of fused-ring (bicyclic) bond motifs is 3. The fourth-order valence-corrected chi connectivity index (χ4v) is 2.35. The van der Waals surface area contributed by atoms with Gasteiger partial charge in [0.2, 0.25) is 0 Å². The fourth-order valence-electron chi connectivity index (χ4n) is 1.88. The Morgan fingerprint density at radius 3 is 2.81 bits per heavy atom. The first-order valence-corrected chi connectivity index (χ1v) is 5.48. The molecule has 1 aromatic carbocycles. The zero-order chi connectivity index (χ0) is 11.3. The van der Waals surface area contributed by atoms with Crippen molar-refractivity contribution in [3.8, 4) is 0 Å². The van der Waals surface area contributed by atoms with Gasteiger partial charge in [0.15, 0.2) is 0 Å². The van der Waals surface area contributed by atoms with Gasteiger partial charge in [-0.2, -0.15) is 0 Å². The molecule has 3 N–H and O–H groups in total. The van der Waals surface area contributed by atoms with Gasteiger partial charge in [0.05, 0.1) is 5.52 Å². The highest BCUT2D eigenvalue weighted by Gasteiger charge is 2.12. The predicted molar refractivity (Wildman–Crippen MR) is 64.8 cm³/mol. The lowest BCUT2D eigenvalue weighted by atomic mass is 10.2. The van der Waals surface area contributed by atoms with Crippen LogP contribution in [0.3, 0.4) is 0 Å². The Balaban J connectivity index is 2.43. The summed E-state index contributed by atoms with van der Waals surface area (Å²) >= 11 is 3.45. The summed E-state index contributed by atoms with van der Waals surface area (Å²) in [6, 6.07) is 7.46. The van der Waals surface area contributed by atoms with E-state index in [2.05, 4.69) is 25.9 Å². The molecule has 0 aliphatic heterocycles. The summed E-state index contributed by atoms with van der Waals surface area (Å²) in [6.45, 7) is 0. The molecular formula is C11H7BrN2O2. The maximum absolute atomic E-state index is 10.8. The van der Waals surface area contributed by atoms with E-state index in [4.69, 9.17) is 5.11 Å². The number of carboxylic acids is 1. The number of aromatic nitrogens is 2. The van der Waals surface area contributed by atoms with Gasteiger partial charge in [0.1, 0.15) is 11.3 Å². The van der Waals surface area contributed by atoms with Gasteiger partial charge in [-0.15, -0.1) is 0 Å². The Morgan fingerprint density at radius 2 is 2.06 bits per heavy atom. The normalized spacial score (nSPS) is 11.3. The van der Waals surface area contributed by atoms with E-state index in [1.165, 1.54) is 0 Å². The van der Waals surface area contributed by atoms with E-state index in [0.717, 1.165) is 26.4 Å². The second-order valence-electron chi connectivity index (χ2n) is 3.56. The van der Waals surface area contributed by atoms with Crippen molar-refractivity contribution in [1.82, 2.24) is 9.97 Å². The molecule has 0 amide bonds. The monoisotopic (exact) mass is 278 g/mol. The van der Waals surface area contributed by atoms with Crippen LogP contribution in [0.15, 0.2) is 28.7 Å². The standard InChI is InChI=1S/C11H7BrN2O2/c12-7-3-1-2-5-6-4-8(11(15)16)13-10(6)14-9(5)7/h1-4,13-14H,(H,15,16). The van der Waals surface area contributed by atoms with Crippen LogP contribution in [0.2, 0.25) is 0 Å². The van der Waals surface area contributed by atoms with E-state index in [0.29, 0.717) is 0 Å². The van der Waals surface area contributed by atoms with Gasteiger partial charge < -0.3 is 15.1 Å². The number of carboxylic acid groups (broad SMARTS) is 1. The topological polar surface area (TPSA) is 68.9 Å². The maximum Gasteiger partial charge on any atom is 0.352 e. The number of hydrogen-bond acceptors (Lipinski definition) is 1. The number of halogens is 1. The van der Waals surface area contributed by atoms with Crippen LogP contribution in [-0.2, 0) is 0 Å². The second kappa shape index (κ2) is 3.12. The Morgan fingerprint density at radius 1 is 1.25 bits per heavy atom. The Kier molecular flexibility index (Phi) is 1.85. The van der Waals surface area contributed by atoms with Crippen molar-refractivity contribution < 1.29 is 9.90 Å². The number of para-hydroxylation sites is 1. The Hall–Kier alpha value is -1.75. The molecule has 0 spiro atoms. The Labute approximate surface area is 98.4 Å². The zero-order valence-electron chi connectivity index (χ0n) is 8.04. The van der Waals surface area contributed by atoms with Crippen LogP contribution < -0.4 is 0 Å². The summed E-state index contributed by atoms with van der Waals surface area (Å²) in [5, 5.41) is 10.8. The SMILES string of the molecule is O=C(O)c1cc2c([nH]1)[nH]c1c(Br)cccc12. The van der Waals surface area contributed by atoms with Crippen LogP contribution in [0.25, 0.3) is 21.9 Å². The first-order chi connectivity index (χ1) is 7.66. The summed E-state index contributed by atoms with van der Waals surface area (Å²) in [4.78, 5) is 16.8. The van der Waals surface area contributed by atoms with Crippen molar-refractivity contribution in [2.75, 3.05) is 0 Å². The lowest BCUT2D eigenvalue weighted by molar-refractivity contribution is 0.0691. The summed E-state index contributed by atoms with van der Waals surface area (Å²) in [5.41, 5.74) is 1.91. The van der Waals surface area contributed by atoms with Crippen LogP contribution in [0.5, 0.6) is 0 Å². The first-order valence-electron chi connectivity index (χ1n) is 4.69. The van der Waals surface area contributed by atoms with E-state index in [-0.39, 0.29) is 5.69 Å². The molecule has 0 atom stereocenters. The van der Waals surface area contributed by atoms with Gasteiger partial charge in [0.25, 0.3) is 0 Å². The number of carbonyl (C=O) groups is 1. The van der Waals surface area contributed by atoms with Crippen LogP contribution in [0.4, 0.5) is 0 Å². The van der Waals surface area contributed by atoms with Crippen LogP contribution in [0.1, 0.15) is 10.5 Å². The largest absolute Gasteiger partial charge is 0.477 e. The fraction of sp³-hybridized carbons (Fsp3) is 0. The molecule has 5 heteroatoms. The van der Waals surface area contributed by atoms with Crippen molar-refractivity contribution in [3.05, 3.63) is 34.4 Å². The summed E-state index contributed by atoms with van der Waals surface area (Å²) in [5.74, 6) is -0.951. The molecule has 80 valence electrons. The highest BCUT2D eigenvalue weighted by atomic mass is 79.9. The van der Waals surface area contributed by atoms with Gasteiger partial charge in [-0.25, -0.2) is 4.79 Å². The van der Waals surface area contributed by atoms with Gasteiger partial charge in [-0.1, -0.05) is 12.1 Å². The molecule has 0 saturated carbocycles. The lowest BCUT2D eigenvalue weighted by Gasteiger charge is -1.92. The smallest absolute Gasteiger partial charge is 0.352 e. The minimum atomic E-state index is -0.951. The molecule has 16 heavy (non-hydrogen) atoms. The van der Waals surface area contributed by atoms with Crippen LogP contribution in [-0.4, -0.2) is 21.0 Å². The minimum Gasteiger partial charge on any atom is -0.477 e. The lowest BCUT2D eigenvalue weighted by Crippen LogP contribution is -1.95. The minimum absolute atomic E-state index is 0.197. The van der Waals surface area contributed by atoms with Crippen molar-refractivity contribution >= 4 is 43.8 Å². The average Bonchev–Trinajstić information content (AvgIpc) is 2.76. The number of aromatic carboxylic acids is 1. The van der Waals surface area contributed by atoms with E-state index < -0.39 is 5.97 Å². The number of nitrogens with one attached hydrogen (secondary N) is 2. The van der Waals surface area contributed by atoms with E-state index in [1.807, 2.05) is 18.2 Å². The van der Waals surface area contributed by atoms with Crippen molar-refractivity contribution in [2.45, 2.75) is 0 Å².